The zero-order chi connectivity index (χ0) is 12.4. The molecule has 2 aliphatic rings. The summed E-state index contributed by atoms with van der Waals surface area (Å²) in [5.41, 5.74) is 1.39. The highest BCUT2D eigenvalue weighted by atomic mass is 16.5. The van der Waals surface area contributed by atoms with Gasteiger partial charge in [0, 0.05) is 37.2 Å². The van der Waals surface area contributed by atoms with Crippen molar-refractivity contribution in [2.24, 2.45) is 0 Å². The Hall–Kier alpha value is -1.06. The lowest BCUT2D eigenvalue weighted by atomic mass is 10.00. The summed E-state index contributed by atoms with van der Waals surface area (Å²) in [5.74, 6) is 1.63. The molecule has 1 fully saturated rings. The molecule has 3 nitrogen and oxygen atoms in total. The van der Waals surface area contributed by atoms with Crippen molar-refractivity contribution in [3.05, 3.63) is 29.8 Å². The first-order valence-electron chi connectivity index (χ1n) is 7.01. The van der Waals surface area contributed by atoms with Gasteiger partial charge in [0.2, 0.25) is 0 Å². The van der Waals surface area contributed by atoms with Gasteiger partial charge in [-0.15, -0.1) is 0 Å². The summed E-state index contributed by atoms with van der Waals surface area (Å²) < 4.78 is 5.78. The second-order valence-corrected chi connectivity index (χ2v) is 5.43. The van der Waals surface area contributed by atoms with Crippen LogP contribution in [-0.4, -0.2) is 43.7 Å². The summed E-state index contributed by atoms with van der Waals surface area (Å²) in [6.45, 7) is 7.72. The summed E-state index contributed by atoms with van der Waals surface area (Å²) >= 11 is 0. The van der Waals surface area contributed by atoms with Gasteiger partial charge >= 0.3 is 0 Å². The fourth-order valence-corrected chi connectivity index (χ4v) is 3.00. The first kappa shape index (κ1) is 12.0. The SMILES string of the molecule is CC1CCNCCN1CC1COc2ccccc21. The minimum Gasteiger partial charge on any atom is -0.493 e. The lowest BCUT2D eigenvalue weighted by Crippen LogP contribution is -2.37. The summed E-state index contributed by atoms with van der Waals surface area (Å²) in [7, 11) is 0. The van der Waals surface area contributed by atoms with E-state index in [0.717, 1.165) is 38.5 Å². The smallest absolute Gasteiger partial charge is 0.122 e. The van der Waals surface area contributed by atoms with Crippen LogP contribution in [0.1, 0.15) is 24.8 Å². The third kappa shape index (κ3) is 2.38. The highest BCUT2D eigenvalue weighted by Crippen LogP contribution is 2.34. The summed E-state index contributed by atoms with van der Waals surface area (Å²) in [6, 6.07) is 9.15. The van der Waals surface area contributed by atoms with Crippen molar-refractivity contribution in [3.63, 3.8) is 0 Å². The van der Waals surface area contributed by atoms with E-state index in [2.05, 4.69) is 41.4 Å². The largest absolute Gasteiger partial charge is 0.493 e. The van der Waals surface area contributed by atoms with Gasteiger partial charge in [-0.3, -0.25) is 4.90 Å². The van der Waals surface area contributed by atoms with Crippen molar-refractivity contribution in [2.75, 3.05) is 32.8 Å². The van der Waals surface area contributed by atoms with Gasteiger partial charge in [-0.2, -0.15) is 0 Å². The maximum atomic E-state index is 5.78. The van der Waals surface area contributed by atoms with E-state index in [9.17, 15) is 0 Å². The quantitative estimate of drug-likeness (QED) is 0.862. The van der Waals surface area contributed by atoms with Gasteiger partial charge in [0.05, 0.1) is 6.61 Å². The molecule has 0 aromatic heterocycles. The van der Waals surface area contributed by atoms with Crippen molar-refractivity contribution < 1.29 is 4.74 Å². The second kappa shape index (κ2) is 5.29. The van der Waals surface area contributed by atoms with E-state index in [-0.39, 0.29) is 0 Å². The van der Waals surface area contributed by atoms with Gasteiger partial charge in [-0.1, -0.05) is 18.2 Å². The molecule has 1 N–H and O–H groups in total. The first-order chi connectivity index (χ1) is 8.84. The van der Waals surface area contributed by atoms with Crippen LogP contribution in [0.4, 0.5) is 0 Å². The number of rotatable bonds is 2. The Balaban J connectivity index is 1.70. The number of ether oxygens (including phenoxy) is 1. The van der Waals surface area contributed by atoms with E-state index in [0.29, 0.717) is 12.0 Å². The zero-order valence-corrected chi connectivity index (χ0v) is 11.1. The molecular weight excluding hydrogens is 224 g/mol. The monoisotopic (exact) mass is 246 g/mol. The van der Waals surface area contributed by atoms with Crippen LogP contribution in [0.5, 0.6) is 5.75 Å². The summed E-state index contributed by atoms with van der Waals surface area (Å²) in [5, 5.41) is 3.48. The van der Waals surface area contributed by atoms with E-state index in [1.54, 1.807) is 0 Å². The Morgan fingerprint density at radius 2 is 2.22 bits per heavy atom. The van der Waals surface area contributed by atoms with Gasteiger partial charge in [0.15, 0.2) is 0 Å². The normalized spacial score (nSPS) is 28.5. The topological polar surface area (TPSA) is 24.5 Å². The molecular formula is C15H22N2O. The minimum absolute atomic E-state index is 0.543. The number of para-hydroxylation sites is 1. The molecule has 18 heavy (non-hydrogen) atoms. The van der Waals surface area contributed by atoms with E-state index in [1.165, 1.54) is 12.0 Å². The molecule has 3 heteroatoms. The highest BCUT2D eigenvalue weighted by Gasteiger charge is 2.27. The fourth-order valence-electron chi connectivity index (χ4n) is 3.00. The number of benzene rings is 1. The van der Waals surface area contributed by atoms with Crippen LogP contribution in [0.3, 0.4) is 0 Å². The Labute approximate surface area is 109 Å². The molecule has 2 heterocycles. The highest BCUT2D eigenvalue weighted by molar-refractivity contribution is 5.39. The van der Waals surface area contributed by atoms with E-state index >= 15 is 0 Å². The Kier molecular flexibility index (Phi) is 3.52. The van der Waals surface area contributed by atoms with E-state index in [4.69, 9.17) is 4.74 Å². The van der Waals surface area contributed by atoms with Gasteiger partial charge in [0.25, 0.3) is 0 Å². The number of nitrogens with one attached hydrogen (secondary N) is 1. The van der Waals surface area contributed by atoms with Crippen molar-refractivity contribution >= 4 is 0 Å². The minimum atomic E-state index is 0.543. The van der Waals surface area contributed by atoms with Crippen molar-refractivity contribution in [3.8, 4) is 5.75 Å². The average Bonchev–Trinajstić information content (AvgIpc) is 2.69. The van der Waals surface area contributed by atoms with Crippen LogP contribution in [0.2, 0.25) is 0 Å². The van der Waals surface area contributed by atoms with Gasteiger partial charge in [-0.05, 0) is 26.0 Å². The zero-order valence-electron chi connectivity index (χ0n) is 11.1. The Morgan fingerprint density at radius 1 is 1.33 bits per heavy atom. The summed E-state index contributed by atoms with van der Waals surface area (Å²) in [4.78, 5) is 2.61. The standard InChI is InChI=1S/C15H22N2O/c1-12-6-7-16-8-9-17(12)10-13-11-18-15-5-3-2-4-14(13)15/h2-5,12-13,16H,6-11H2,1H3. The van der Waals surface area contributed by atoms with Crippen LogP contribution in [-0.2, 0) is 0 Å². The van der Waals surface area contributed by atoms with Crippen molar-refractivity contribution in [1.29, 1.82) is 0 Å². The molecule has 1 saturated heterocycles. The van der Waals surface area contributed by atoms with E-state index < -0.39 is 0 Å². The molecule has 3 rings (SSSR count). The molecule has 0 aliphatic carbocycles. The van der Waals surface area contributed by atoms with Crippen LogP contribution in [0.25, 0.3) is 0 Å². The van der Waals surface area contributed by atoms with Gasteiger partial charge < -0.3 is 10.1 Å². The lowest BCUT2D eigenvalue weighted by Gasteiger charge is -2.28. The number of nitrogens with zero attached hydrogens (tertiary/aromatic N) is 1. The molecule has 0 spiro atoms. The third-order valence-corrected chi connectivity index (χ3v) is 4.19. The predicted octanol–water partition coefficient (Wildman–Crippen LogP) is 1.85. The lowest BCUT2D eigenvalue weighted by molar-refractivity contribution is 0.193. The molecule has 1 aromatic rings. The maximum absolute atomic E-state index is 5.78. The second-order valence-electron chi connectivity index (χ2n) is 5.43. The van der Waals surface area contributed by atoms with Crippen molar-refractivity contribution in [1.82, 2.24) is 10.2 Å². The fraction of sp³-hybridized carbons (Fsp3) is 0.600. The molecule has 2 atom stereocenters. The van der Waals surface area contributed by atoms with Crippen LogP contribution in [0.15, 0.2) is 24.3 Å². The summed E-state index contributed by atoms with van der Waals surface area (Å²) in [6.07, 6.45) is 1.25. The average molecular weight is 246 g/mol. The Bertz CT molecular complexity index is 407. The van der Waals surface area contributed by atoms with Gasteiger partial charge in [0.1, 0.15) is 5.75 Å². The number of hydrogen-bond acceptors (Lipinski definition) is 3. The molecule has 98 valence electrons. The van der Waals surface area contributed by atoms with Gasteiger partial charge in [-0.25, -0.2) is 0 Å². The molecule has 0 amide bonds. The Morgan fingerprint density at radius 3 is 3.17 bits per heavy atom. The molecule has 0 radical (unpaired) electrons. The molecule has 0 bridgehead atoms. The van der Waals surface area contributed by atoms with Crippen LogP contribution in [0, 0.1) is 0 Å². The van der Waals surface area contributed by atoms with Crippen molar-refractivity contribution in [2.45, 2.75) is 25.3 Å². The maximum Gasteiger partial charge on any atom is 0.122 e. The molecule has 2 aliphatic heterocycles. The van der Waals surface area contributed by atoms with Crippen LogP contribution >= 0.6 is 0 Å². The number of hydrogen-bond donors (Lipinski definition) is 1. The third-order valence-electron chi connectivity index (χ3n) is 4.19. The first-order valence-corrected chi connectivity index (χ1v) is 7.01. The number of fused-ring (bicyclic) bond motifs is 1. The predicted molar refractivity (Wildman–Crippen MR) is 73.2 cm³/mol. The van der Waals surface area contributed by atoms with Crippen LogP contribution < -0.4 is 10.1 Å². The molecule has 1 aromatic carbocycles. The van der Waals surface area contributed by atoms with E-state index in [1.807, 2.05) is 0 Å². The molecule has 0 saturated carbocycles. The molecule has 2 unspecified atom stereocenters.